The first-order valence-electron chi connectivity index (χ1n) is 4.14. The Morgan fingerprint density at radius 1 is 1.33 bits per heavy atom. The summed E-state index contributed by atoms with van der Waals surface area (Å²) in [4.78, 5) is 0. The molecule has 0 radical (unpaired) electrons. The van der Waals surface area contributed by atoms with Crippen molar-refractivity contribution in [1.82, 2.24) is 0 Å². The lowest BCUT2D eigenvalue weighted by molar-refractivity contribution is -0.0681. The molecule has 66 valence electrons. The molecule has 2 rings (SSSR count). The van der Waals surface area contributed by atoms with Gasteiger partial charge in [-0.05, 0) is 6.07 Å². The van der Waals surface area contributed by atoms with E-state index in [-0.39, 0.29) is 0 Å². The molecule has 2 heterocycles. The molecule has 1 fully saturated rings. The van der Waals surface area contributed by atoms with Gasteiger partial charge in [0.1, 0.15) is 0 Å². The van der Waals surface area contributed by atoms with Crippen molar-refractivity contribution >= 4 is 0 Å². The molecule has 1 aromatic rings. The fraction of sp³-hybridized carbons (Fsp3) is 0.556. The minimum Gasteiger partial charge on any atom is -0.472 e. The second-order valence-corrected chi connectivity index (χ2v) is 3.16. The third-order valence-electron chi connectivity index (χ3n) is 2.38. The van der Waals surface area contributed by atoms with E-state index in [2.05, 4.69) is 0 Å². The van der Waals surface area contributed by atoms with Crippen LogP contribution in [0.1, 0.15) is 18.4 Å². The summed E-state index contributed by atoms with van der Waals surface area (Å²) in [6.07, 6.45) is 4.51. The monoisotopic (exact) mass is 168 g/mol. The minimum atomic E-state index is -0.717. The van der Waals surface area contributed by atoms with Gasteiger partial charge < -0.3 is 14.3 Å². The molecule has 12 heavy (non-hydrogen) atoms. The molecule has 0 unspecified atom stereocenters. The van der Waals surface area contributed by atoms with Crippen LogP contribution in [0.15, 0.2) is 23.0 Å². The maximum absolute atomic E-state index is 10.1. The van der Waals surface area contributed by atoms with E-state index >= 15 is 0 Å². The predicted molar refractivity (Wildman–Crippen MR) is 42.7 cm³/mol. The van der Waals surface area contributed by atoms with Gasteiger partial charge in [0.2, 0.25) is 0 Å². The molecule has 0 aliphatic carbocycles. The van der Waals surface area contributed by atoms with Gasteiger partial charge in [0.15, 0.2) is 0 Å². The number of ether oxygens (including phenoxy) is 1. The molecular weight excluding hydrogens is 156 g/mol. The molecule has 1 aromatic heterocycles. The summed E-state index contributed by atoms with van der Waals surface area (Å²) in [6, 6.07) is 1.81. The Morgan fingerprint density at radius 2 is 2.08 bits per heavy atom. The molecule has 0 saturated carbocycles. The molecule has 1 N–H and O–H groups in total. The van der Waals surface area contributed by atoms with Crippen molar-refractivity contribution in [2.75, 3.05) is 13.2 Å². The number of rotatable bonds is 1. The van der Waals surface area contributed by atoms with Crippen molar-refractivity contribution in [1.29, 1.82) is 0 Å². The highest BCUT2D eigenvalue weighted by atomic mass is 16.5. The van der Waals surface area contributed by atoms with E-state index in [1.165, 1.54) is 0 Å². The molecule has 1 aliphatic rings. The van der Waals surface area contributed by atoms with Gasteiger partial charge in [-0.1, -0.05) is 0 Å². The fourth-order valence-corrected chi connectivity index (χ4v) is 1.53. The standard InChI is InChI=1S/C9H12O3/c10-9(2-5-11-6-3-9)8-1-4-12-7-8/h1,4,7,10H,2-3,5-6H2. The first-order chi connectivity index (χ1) is 5.81. The van der Waals surface area contributed by atoms with Crippen LogP contribution in [0.5, 0.6) is 0 Å². The number of hydrogen-bond donors (Lipinski definition) is 1. The number of hydrogen-bond acceptors (Lipinski definition) is 3. The van der Waals surface area contributed by atoms with Crippen LogP contribution in [-0.4, -0.2) is 18.3 Å². The fourth-order valence-electron chi connectivity index (χ4n) is 1.53. The zero-order chi connectivity index (χ0) is 8.44. The summed E-state index contributed by atoms with van der Waals surface area (Å²) in [5, 5.41) is 10.1. The van der Waals surface area contributed by atoms with Crippen molar-refractivity contribution in [3.8, 4) is 0 Å². The van der Waals surface area contributed by atoms with Gasteiger partial charge in [0.25, 0.3) is 0 Å². The van der Waals surface area contributed by atoms with Crippen LogP contribution in [0.25, 0.3) is 0 Å². The quantitative estimate of drug-likeness (QED) is 0.686. The van der Waals surface area contributed by atoms with E-state index < -0.39 is 5.60 Å². The Kier molecular flexibility index (Phi) is 1.90. The van der Waals surface area contributed by atoms with Crippen LogP contribution < -0.4 is 0 Å². The first kappa shape index (κ1) is 7.83. The smallest absolute Gasteiger partial charge is 0.0971 e. The summed E-state index contributed by atoms with van der Waals surface area (Å²) in [6.45, 7) is 1.25. The summed E-state index contributed by atoms with van der Waals surface area (Å²) in [7, 11) is 0. The normalized spacial score (nSPS) is 22.4. The van der Waals surface area contributed by atoms with E-state index in [0.29, 0.717) is 26.1 Å². The molecule has 0 amide bonds. The van der Waals surface area contributed by atoms with Crippen molar-refractivity contribution < 1.29 is 14.3 Å². The van der Waals surface area contributed by atoms with Gasteiger partial charge >= 0.3 is 0 Å². The van der Waals surface area contributed by atoms with Crippen LogP contribution in [-0.2, 0) is 10.3 Å². The molecule has 3 heteroatoms. The molecular formula is C9H12O3. The number of aliphatic hydroxyl groups is 1. The Morgan fingerprint density at radius 3 is 2.67 bits per heavy atom. The van der Waals surface area contributed by atoms with Crippen LogP contribution in [0, 0.1) is 0 Å². The zero-order valence-electron chi connectivity index (χ0n) is 6.82. The average molecular weight is 168 g/mol. The van der Waals surface area contributed by atoms with E-state index in [0.717, 1.165) is 5.56 Å². The highest BCUT2D eigenvalue weighted by Gasteiger charge is 2.32. The maximum Gasteiger partial charge on any atom is 0.0971 e. The van der Waals surface area contributed by atoms with Crippen LogP contribution >= 0.6 is 0 Å². The van der Waals surface area contributed by atoms with Crippen LogP contribution in [0.4, 0.5) is 0 Å². The minimum absolute atomic E-state index is 0.627. The summed E-state index contributed by atoms with van der Waals surface area (Å²) in [5.74, 6) is 0. The largest absolute Gasteiger partial charge is 0.472 e. The van der Waals surface area contributed by atoms with Crippen molar-refractivity contribution in [2.45, 2.75) is 18.4 Å². The molecule has 0 aromatic carbocycles. The van der Waals surface area contributed by atoms with Gasteiger partial charge in [-0.15, -0.1) is 0 Å². The maximum atomic E-state index is 10.1. The molecule has 0 spiro atoms. The van der Waals surface area contributed by atoms with E-state index in [4.69, 9.17) is 9.15 Å². The summed E-state index contributed by atoms with van der Waals surface area (Å²) >= 11 is 0. The first-order valence-corrected chi connectivity index (χ1v) is 4.14. The Labute approximate surface area is 71.0 Å². The lowest BCUT2D eigenvalue weighted by Gasteiger charge is -2.30. The Bertz CT molecular complexity index is 234. The second-order valence-electron chi connectivity index (χ2n) is 3.16. The average Bonchev–Trinajstić information content (AvgIpc) is 2.58. The van der Waals surface area contributed by atoms with Gasteiger partial charge in [0, 0.05) is 31.6 Å². The van der Waals surface area contributed by atoms with Crippen LogP contribution in [0.2, 0.25) is 0 Å². The summed E-state index contributed by atoms with van der Waals surface area (Å²) in [5.41, 5.74) is 0.149. The third-order valence-corrected chi connectivity index (χ3v) is 2.38. The molecule has 1 saturated heterocycles. The van der Waals surface area contributed by atoms with E-state index in [1.54, 1.807) is 12.5 Å². The Hall–Kier alpha value is -0.800. The van der Waals surface area contributed by atoms with Crippen LogP contribution in [0.3, 0.4) is 0 Å². The highest BCUT2D eigenvalue weighted by Crippen LogP contribution is 2.31. The Balaban J connectivity index is 2.19. The van der Waals surface area contributed by atoms with E-state index in [1.807, 2.05) is 6.07 Å². The second kappa shape index (κ2) is 2.92. The van der Waals surface area contributed by atoms with Gasteiger partial charge in [0.05, 0.1) is 18.1 Å². The molecule has 1 aliphatic heterocycles. The lowest BCUT2D eigenvalue weighted by Crippen LogP contribution is -2.32. The van der Waals surface area contributed by atoms with Crippen molar-refractivity contribution in [3.63, 3.8) is 0 Å². The van der Waals surface area contributed by atoms with Crippen molar-refractivity contribution in [2.24, 2.45) is 0 Å². The predicted octanol–water partition coefficient (Wildman–Crippen LogP) is 1.28. The van der Waals surface area contributed by atoms with Gasteiger partial charge in [-0.25, -0.2) is 0 Å². The molecule has 0 atom stereocenters. The third kappa shape index (κ3) is 1.26. The van der Waals surface area contributed by atoms with Gasteiger partial charge in [-0.2, -0.15) is 0 Å². The van der Waals surface area contributed by atoms with Crippen molar-refractivity contribution in [3.05, 3.63) is 24.2 Å². The summed E-state index contributed by atoms with van der Waals surface area (Å²) < 4.78 is 10.1. The van der Waals surface area contributed by atoms with E-state index in [9.17, 15) is 5.11 Å². The highest BCUT2D eigenvalue weighted by molar-refractivity contribution is 5.16. The SMILES string of the molecule is OC1(c2ccoc2)CCOCC1. The zero-order valence-corrected chi connectivity index (χ0v) is 6.82. The lowest BCUT2D eigenvalue weighted by atomic mass is 9.88. The topological polar surface area (TPSA) is 42.6 Å². The molecule has 3 nitrogen and oxygen atoms in total. The molecule has 0 bridgehead atoms. The number of furan rings is 1. The van der Waals surface area contributed by atoms with Gasteiger partial charge in [-0.3, -0.25) is 0 Å².